The van der Waals surface area contributed by atoms with Crippen molar-refractivity contribution in [3.05, 3.63) is 59.9 Å². The predicted octanol–water partition coefficient (Wildman–Crippen LogP) is 1.87. The Morgan fingerprint density at radius 2 is 1.68 bits per heavy atom. The van der Waals surface area contributed by atoms with Gasteiger partial charge >= 0.3 is 0 Å². The van der Waals surface area contributed by atoms with Crippen molar-refractivity contribution in [1.82, 2.24) is 5.32 Å². The molecular weight excluding hydrogens is 407 g/mol. The van der Waals surface area contributed by atoms with E-state index in [2.05, 4.69) is 5.32 Å². The summed E-state index contributed by atoms with van der Waals surface area (Å²) < 4.78 is 61.3. The lowest BCUT2D eigenvalue weighted by atomic mass is 10.1. The summed E-state index contributed by atoms with van der Waals surface area (Å²) in [7, 11) is -7.14. The van der Waals surface area contributed by atoms with E-state index in [1.807, 2.05) is 0 Å². The van der Waals surface area contributed by atoms with Crippen LogP contribution in [-0.2, 0) is 24.7 Å². The first-order valence-electron chi connectivity index (χ1n) is 8.20. The molecule has 0 aromatic heterocycles. The summed E-state index contributed by atoms with van der Waals surface area (Å²) in [6.45, 7) is 1.16. The Kier molecular flexibility index (Phi) is 6.45. The van der Waals surface area contributed by atoms with Crippen molar-refractivity contribution >= 4 is 31.5 Å². The summed E-state index contributed by atoms with van der Waals surface area (Å²) in [5.74, 6) is -1.21. The molecule has 28 heavy (non-hydrogen) atoms. The molecule has 2 aromatic rings. The molecule has 0 aliphatic heterocycles. The average Bonchev–Trinajstić information content (AvgIpc) is 2.58. The summed E-state index contributed by atoms with van der Waals surface area (Å²) >= 11 is 0. The Balaban J connectivity index is 2.14. The molecular formula is C18H21FN2O5S2. The molecule has 1 atom stereocenters. The largest absolute Gasteiger partial charge is 0.348 e. The monoisotopic (exact) mass is 428 g/mol. The van der Waals surface area contributed by atoms with Crippen LogP contribution in [-0.4, -0.2) is 41.8 Å². The van der Waals surface area contributed by atoms with Crippen molar-refractivity contribution in [2.45, 2.75) is 17.9 Å². The molecule has 10 heteroatoms. The summed E-state index contributed by atoms with van der Waals surface area (Å²) in [4.78, 5) is 12.5. The maximum absolute atomic E-state index is 13.4. The van der Waals surface area contributed by atoms with Gasteiger partial charge in [0.05, 0.1) is 22.9 Å². The lowest BCUT2D eigenvalue weighted by Crippen LogP contribution is -2.41. The molecule has 2 aromatic carbocycles. The van der Waals surface area contributed by atoms with Crippen molar-refractivity contribution in [2.24, 2.45) is 0 Å². The van der Waals surface area contributed by atoms with Gasteiger partial charge in [0.15, 0.2) is 9.84 Å². The van der Waals surface area contributed by atoms with Crippen LogP contribution in [0.1, 0.15) is 18.5 Å². The number of sulfone groups is 1. The van der Waals surface area contributed by atoms with Gasteiger partial charge in [-0.25, -0.2) is 21.2 Å². The molecule has 152 valence electrons. The van der Waals surface area contributed by atoms with Gasteiger partial charge in [0, 0.05) is 6.26 Å². The average molecular weight is 429 g/mol. The van der Waals surface area contributed by atoms with Crippen molar-refractivity contribution < 1.29 is 26.0 Å². The zero-order chi connectivity index (χ0) is 21.1. The number of carbonyl (C=O) groups excluding carboxylic acids is 1. The van der Waals surface area contributed by atoms with Crippen LogP contribution in [0.2, 0.25) is 0 Å². The number of anilines is 1. The van der Waals surface area contributed by atoms with Crippen LogP contribution < -0.4 is 9.62 Å². The molecule has 0 heterocycles. The van der Waals surface area contributed by atoms with Gasteiger partial charge in [0.1, 0.15) is 12.4 Å². The molecule has 0 bridgehead atoms. The van der Waals surface area contributed by atoms with Crippen LogP contribution in [0.3, 0.4) is 0 Å². The van der Waals surface area contributed by atoms with Gasteiger partial charge in [0.2, 0.25) is 15.9 Å². The van der Waals surface area contributed by atoms with E-state index in [-0.39, 0.29) is 10.6 Å². The van der Waals surface area contributed by atoms with Gasteiger partial charge < -0.3 is 5.32 Å². The molecule has 0 aliphatic rings. The van der Waals surface area contributed by atoms with E-state index in [4.69, 9.17) is 0 Å². The Hall–Kier alpha value is -2.46. The first kappa shape index (κ1) is 21.8. The third kappa shape index (κ3) is 5.77. The number of nitrogens with one attached hydrogen (secondary N) is 1. The van der Waals surface area contributed by atoms with Gasteiger partial charge in [0.25, 0.3) is 0 Å². The van der Waals surface area contributed by atoms with Crippen molar-refractivity contribution in [1.29, 1.82) is 0 Å². The first-order chi connectivity index (χ1) is 12.9. The van der Waals surface area contributed by atoms with Gasteiger partial charge in [-0.05, 0) is 42.8 Å². The highest BCUT2D eigenvalue weighted by molar-refractivity contribution is 7.92. The molecule has 0 spiro atoms. The summed E-state index contributed by atoms with van der Waals surface area (Å²) in [6, 6.07) is 10.5. The SMILES string of the molecule is C[C@@H](NC(=O)CN(c1cccc(F)c1)S(C)(=O)=O)c1ccc(S(C)(=O)=O)cc1. The smallest absolute Gasteiger partial charge is 0.241 e. The number of carbonyl (C=O) groups is 1. The highest BCUT2D eigenvalue weighted by Gasteiger charge is 2.22. The maximum Gasteiger partial charge on any atom is 0.241 e. The van der Waals surface area contributed by atoms with Crippen molar-refractivity contribution in [3.63, 3.8) is 0 Å². The zero-order valence-electron chi connectivity index (χ0n) is 15.6. The molecule has 7 nitrogen and oxygen atoms in total. The second kappa shape index (κ2) is 8.27. The maximum atomic E-state index is 13.4. The van der Waals surface area contributed by atoms with E-state index >= 15 is 0 Å². The van der Waals surface area contributed by atoms with Gasteiger partial charge in [-0.2, -0.15) is 0 Å². The Morgan fingerprint density at radius 1 is 1.07 bits per heavy atom. The number of hydrogen-bond acceptors (Lipinski definition) is 5. The van der Waals surface area contributed by atoms with Crippen LogP contribution in [0.25, 0.3) is 0 Å². The minimum atomic E-state index is -3.81. The highest BCUT2D eigenvalue weighted by Crippen LogP contribution is 2.19. The predicted molar refractivity (Wildman–Crippen MR) is 105 cm³/mol. The summed E-state index contributed by atoms with van der Waals surface area (Å²) in [5, 5.41) is 2.65. The quantitative estimate of drug-likeness (QED) is 0.726. The summed E-state index contributed by atoms with van der Waals surface area (Å²) in [5.41, 5.74) is 0.695. The van der Waals surface area contributed by atoms with Crippen molar-refractivity contribution in [2.75, 3.05) is 23.4 Å². The van der Waals surface area contributed by atoms with Crippen LogP contribution in [0.5, 0.6) is 0 Å². The second-order valence-electron chi connectivity index (χ2n) is 6.38. The van der Waals surface area contributed by atoms with E-state index in [1.54, 1.807) is 19.1 Å². The Morgan fingerprint density at radius 3 is 2.18 bits per heavy atom. The third-order valence-electron chi connectivity index (χ3n) is 3.97. The molecule has 0 fully saturated rings. The standard InChI is InChI=1S/C18H21FN2O5S2/c1-13(14-7-9-17(10-8-14)27(2,23)24)20-18(22)12-21(28(3,25)26)16-6-4-5-15(19)11-16/h4-11,13H,12H2,1-3H3,(H,20,22)/t13-/m1/s1. The van der Waals surface area contributed by atoms with Crippen molar-refractivity contribution in [3.8, 4) is 0 Å². The molecule has 0 saturated heterocycles. The lowest BCUT2D eigenvalue weighted by Gasteiger charge is -2.23. The van der Waals surface area contributed by atoms with E-state index in [9.17, 15) is 26.0 Å². The molecule has 2 rings (SSSR count). The number of benzene rings is 2. The number of halogens is 1. The van der Waals surface area contributed by atoms with E-state index in [0.29, 0.717) is 5.56 Å². The van der Waals surface area contributed by atoms with Crippen LogP contribution in [0.4, 0.5) is 10.1 Å². The first-order valence-corrected chi connectivity index (χ1v) is 11.9. The fourth-order valence-electron chi connectivity index (χ4n) is 2.54. The van der Waals surface area contributed by atoms with Crippen LogP contribution >= 0.6 is 0 Å². The van der Waals surface area contributed by atoms with Gasteiger partial charge in [-0.1, -0.05) is 18.2 Å². The lowest BCUT2D eigenvalue weighted by molar-refractivity contribution is -0.120. The molecule has 0 unspecified atom stereocenters. The molecule has 1 N–H and O–H groups in total. The minimum absolute atomic E-state index is 0.0443. The number of rotatable bonds is 7. The second-order valence-corrected chi connectivity index (χ2v) is 10.3. The number of amides is 1. The normalized spacial score (nSPS) is 13.0. The zero-order valence-corrected chi connectivity index (χ0v) is 17.2. The molecule has 0 aliphatic carbocycles. The van der Waals surface area contributed by atoms with Crippen LogP contribution in [0.15, 0.2) is 53.4 Å². The van der Waals surface area contributed by atoms with Gasteiger partial charge in [-0.3, -0.25) is 9.10 Å². The number of sulfonamides is 1. The third-order valence-corrected chi connectivity index (χ3v) is 6.24. The molecule has 0 radical (unpaired) electrons. The molecule has 1 amide bonds. The highest BCUT2D eigenvalue weighted by atomic mass is 32.2. The van der Waals surface area contributed by atoms with Crippen LogP contribution in [0, 0.1) is 5.82 Å². The fourth-order valence-corrected chi connectivity index (χ4v) is 4.01. The Labute approximate surface area is 164 Å². The van der Waals surface area contributed by atoms with Gasteiger partial charge in [-0.15, -0.1) is 0 Å². The van der Waals surface area contributed by atoms with E-state index in [0.717, 1.165) is 22.9 Å². The minimum Gasteiger partial charge on any atom is -0.348 e. The Bertz CT molecular complexity index is 1070. The van der Waals surface area contributed by atoms with E-state index < -0.39 is 44.2 Å². The number of hydrogen-bond donors (Lipinski definition) is 1. The van der Waals surface area contributed by atoms with E-state index in [1.165, 1.54) is 30.3 Å². The number of nitrogens with zero attached hydrogens (tertiary/aromatic N) is 1. The fraction of sp³-hybridized carbons (Fsp3) is 0.278. The topological polar surface area (TPSA) is 101 Å². The summed E-state index contributed by atoms with van der Waals surface area (Å²) in [6.07, 6.45) is 2.03. The molecule has 0 saturated carbocycles.